The molecule has 218 valence electrons. The van der Waals surface area contributed by atoms with E-state index >= 15 is 0 Å². The van der Waals surface area contributed by atoms with Crippen LogP contribution < -0.4 is 15.5 Å². The number of nitrogens with one attached hydrogen (secondary N) is 2. The van der Waals surface area contributed by atoms with Gasteiger partial charge in [0.1, 0.15) is 6.10 Å². The Bertz CT molecular complexity index is 1280. The Morgan fingerprint density at radius 2 is 1.71 bits per heavy atom. The number of hydrogen-bond donors (Lipinski definition) is 2. The first-order chi connectivity index (χ1) is 19.7. The third-order valence-corrected chi connectivity index (χ3v) is 7.58. The summed E-state index contributed by atoms with van der Waals surface area (Å²) in [4.78, 5) is 28.8. The van der Waals surface area contributed by atoms with Gasteiger partial charge in [0.2, 0.25) is 5.95 Å². The fourth-order valence-corrected chi connectivity index (χ4v) is 5.87. The molecule has 0 bridgehead atoms. The standard InChI is InChI=1S/C32H43N7O2/c1-32(2,22-37(3)4)23-38-17-19-39(20-18-38)27-13-11-26(12-14-27)35-31-33-16-15-28(36-31)24-7-9-25(10-8-24)34-30(40)29-6-5-21-41-29/h7-16,29H,5-6,17-23H2,1-4H3,(H,34,40)(H,33,35,36). The molecule has 1 amide bonds. The molecule has 9 nitrogen and oxygen atoms in total. The molecular formula is C32H43N7O2. The maximum atomic E-state index is 12.3. The Kier molecular flexibility index (Phi) is 9.17. The minimum Gasteiger partial charge on any atom is -0.369 e. The third kappa shape index (κ3) is 8.03. The minimum atomic E-state index is -0.347. The van der Waals surface area contributed by atoms with Crippen molar-refractivity contribution in [1.82, 2.24) is 19.8 Å². The zero-order valence-electron chi connectivity index (χ0n) is 24.8. The van der Waals surface area contributed by atoms with E-state index in [9.17, 15) is 4.79 Å². The van der Waals surface area contributed by atoms with Gasteiger partial charge < -0.3 is 25.2 Å². The number of aromatic nitrogens is 2. The first-order valence-corrected chi connectivity index (χ1v) is 14.6. The minimum absolute atomic E-state index is 0.0864. The smallest absolute Gasteiger partial charge is 0.253 e. The van der Waals surface area contributed by atoms with Gasteiger partial charge >= 0.3 is 0 Å². The number of carbonyl (C=O) groups is 1. The van der Waals surface area contributed by atoms with Crippen molar-refractivity contribution in [2.75, 3.05) is 75.5 Å². The highest BCUT2D eigenvalue weighted by Crippen LogP contribution is 2.25. The molecule has 1 atom stereocenters. The molecule has 2 fully saturated rings. The third-order valence-electron chi connectivity index (χ3n) is 7.58. The Morgan fingerprint density at radius 1 is 1.00 bits per heavy atom. The van der Waals surface area contributed by atoms with Gasteiger partial charge in [0.05, 0.1) is 5.69 Å². The highest BCUT2D eigenvalue weighted by atomic mass is 16.5. The molecule has 0 saturated carbocycles. The van der Waals surface area contributed by atoms with Gasteiger partial charge in [-0.2, -0.15) is 0 Å². The molecule has 3 heterocycles. The Morgan fingerprint density at radius 3 is 2.37 bits per heavy atom. The summed E-state index contributed by atoms with van der Waals surface area (Å²) in [6, 6.07) is 18.1. The summed E-state index contributed by atoms with van der Waals surface area (Å²) < 4.78 is 5.47. The van der Waals surface area contributed by atoms with Crippen LogP contribution in [-0.4, -0.2) is 91.7 Å². The van der Waals surface area contributed by atoms with Gasteiger partial charge in [-0.1, -0.05) is 26.0 Å². The number of ether oxygens (including phenoxy) is 1. The average Bonchev–Trinajstić information content (AvgIpc) is 3.49. The lowest BCUT2D eigenvalue weighted by Gasteiger charge is -2.40. The van der Waals surface area contributed by atoms with Gasteiger partial charge in [0.25, 0.3) is 5.91 Å². The number of benzene rings is 2. The molecule has 2 aliphatic rings. The molecule has 0 spiro atoms. The maximum Gasteiger partial charge on any atom is 0.253 e. The summed E-state index contributed by atoms with van der Waals surface area (Å²) in [5.74, 6) is 0.455. The predicted molar refractivity (Wildman–Crippen MR) is 166 cm³/mol. The predicted octanol–water partition coefficient (Wildman–Crippen LogP) is 4.71. The van der Waals surface area contributed by atoms with E-state index in [1.807, 2.05) is 30.3 Å². The van der Waals surface area contributed by atoms with Crippen LogP contribution >= 0.6 is 0 Å². The molecule has 2 aromatic carbocycles. The molecule has 2 aliphatic heterocycles. The van der Waals surface area contributed by atoms with Crippen LogP contribution in [0.4, 0.5) is 23.0 Å². The monoisotopic (exact) mass is 557 g/mol. The molecule has 9 heteroatoms. The van der Waals surface area contributed by atoms with Crippen molar-refractivity contribution in [1.29, 1.82) is 0 Å². The molecule has 41 heavy (non-hydrogen) atoms. The second-order valence-corrected chi connectivity index (χ2v) is 12.2. The van der Waals surface area contributed by atoms with Crippen LogP contribution in [0, 0.1) is 5.41 Å². The summed E-state index contributed by atoms with van der Waals surface area (Å²) in [6.45, 7) is 11.8. The highest BCUT2D eigenvalue weighted by Gasteiger charge is 2.26. The second-order valence-electron chi connectivity index (χ2n) is 12.2. The number of anilines is 4. The lowest BCUT2D eigenvalue weighted by Crippen LogP contribution is -2.50. The van der Waals surface area contributed by atoms with Gasteiger partial charge in [0, 0.05) is 74.7 Å². The first-order valence-electron chi connectivity index (χ1n) is 14.6. The summed E-state index contributed by atoms with van der Waals surface area (Å²) in [7, 11) is 4.30. The SMILES string of the molecule is CN(C)CC(C)(C)CN1CCN(c2ccc(Nc3nccc(-c4ccc(NC(=O)C5CCCO5)cc4)n3)cc2)CC1. The van der Waals surface area contributed by atoms with E-state index in [0.717, 1.165) is 74.7 Å². The van der Waals surface area contributed by atoms with Crippen molar-refractivity contribution in [3.63, 3.8) is 0 Å². The molecule has 2 saturated heterocycles. The van der Waals surface area contributed by atoms with Crippen molar-refractivity contribution in [2.24, 2.45) is 5.41 Å². The van der Waals surface area contributed by atoms with Crippen LogP contribution in [0.2, 0.25) is 0 Å². The van der Waals surface area contributed by atoms with Gasteiger partial charge in [0.15, 0.2) is 0 Å². The molecule has 1 unspecified atom stereocenters. The summed E-state index contributed by atoms with van der Waals surface area (Å²) >= 11 is 0. The van der Waals surface area contributed by atoms with Crippen LogP contribution in [0.1, 0.15) is 26.7 Å². The van der Waals surface area contributed by atoms with Crippen LogP contribution in [-0.2, 0) is 9.53 Å². The van der Waals surface area contributed by atoms with Crippen molar-refractivity contribution in [2.45, 2.75) is 32.8 Å². The molecule has 0 aliphatic carbocycles. The second kappa shape index (κ2) is 13.0. The molecular weight excluding hydrogens is 514 g/mol. The van der Waals surface area contributed by atoms with Gasteiger partial charge in [-0.05, 0) is 74.8 Å². The number of hydrogen-bond acceptors (Lipinski definition) is 8. The number of nitrogens with zero attached hydrogens (tertiary/aromatic N) is 5. The zero-order valence-corrected chi connectivity index (χ0v) is 24.8. The molecule has 5 rings (SSSR count). The quantitative estimate of drug-likeness (QED) is 0.371. The summed E-state index contributed by atoms with van der Waals surface area (Å²) in [6.07, 6.45) is 3.11. The van der Waals surface area contributed by atoms with Gasteiger partial charge in [-0.3, -0.25) is 9.69 Å². The summed E-state index contributed by atoms with van der Waals surface area (Å²) in [5, 5.41) is 6.27. The topological polar surface area (TPSA) is 85.9 Å². The lowest BCUT2D eigenvalue weighted by atomic mass is 9.92. The van der Waals surface area contributed by atoms with Crippen molar-refractivity contribution >= 4 is 28.9 Å². The van der Waals surface area contributed by atoms with Crippen LogP contribution in [0.5, 0.6) is 0 Å². The van der Waals surface area contributed by atoms with E-state index in [0.29, 0.717) is 12.6 Å². The maximum absolute atomic E-state index is 12.3. The number of carbonyl (C=O) groups excluding carboxylic acids is 1. The van der Waals surface area contributed by atoms with Crippen molar-refractivity contribution in [3.8, 4) is 11.3 Å². The molecule has 1 aromatic heterocycles. The fraction of sp³-hybridized carbons (Fsp3) is 0.469. The number of amides is 1. The van der Waals surface area contributed by atoms with E-state index in [1.54, 1.807) is 6.20 Å². The highest BCUT2D eigenvalue weighted by molar-refractivity contribution is 5.94. The van der Waals surface area contributed by atoms with Crippen molar-refractivity contribution < 1.29 is 9.53 Å². The first kappa shape index (κ1) is 29.0. The van der Waals surface area contributed by atoms with E-state index in [-0.39, 0.29) is 17.4 Å². The van der Waals surface area contributed by atoms with Crippen LogP contribution in [0.25, 0.3) is 11.3 Å². The Balaban J connectivity index is 1.14. The van der Waals surface area contributed by atoms with Crippen molar-refractivity contribution in [3.05, 3.63) is 60.8 Å². The zero-order chi connectivity index (χ0) is 28.8. The number of piperazine rings is 1. The molecule has 3 aromatic rings. The molecule has 2 N–H and O–H groups in total. The lowest BCUT2D eigenvalue weighted by molar-refractivity contribution is -0.124. The van der Waals surface area contributed by atoms with Crippen LogP contribution in [0.15, 0.2) is 60.8 Å². The fourth-order valence-electron chi connectivity index (χ4n) is 5.87. The van der Waals surface area contributed by atoms with E-state index in [1.165, 1.54) is 5.69 Å². The van der Waals surface area contributed by atoms with E-state index in [2.05, 4.69) is 82.5 Å². The number of rotatable bonds is 10. The van der Waals surface area contributed by atoms with Gasteiger partial charge in [-0.15, -0.1) is 0 Å². The molecule has 0 radical (unpaired) electrons. The Hall–Kier alpha value is -3.53. The largest absolute Gasteiger partial charge is 0.369 e. The summed E-state index contributed by atoms with van der Waals surface area (Å²) in [5.41, 5.74) is 4.97. The normalized spacial score (nSPS) is 18.1. The Labute approximate surface area is 243 Å². The van der Waals surface area contributed by atoms with E-state index < -0.39 is 0 Å². The van der Waals surface area contributed by atoms with E-state index in [4.69, 9.17) is 9.72 Å². The average molecular weight is 558 g/mol. The van der Waals surface area contributed by atoms with Gasteiger partial charge in [-0.25, -0.2) is 9.97 Å². The van der Waals surface area contributed by atoms with Crippen LogP contribution in [0.3, 0.4) is 0 Å².